The van der Waals surface area contributed by atoms with Gasteiger partial charge in [0.1, 0.15) is 7.14 Å². The topological polar surface area (TPSA) is 37.3 Å². The standard InChI is InChI=1S/C10H14O2P/c1-8(11)9-5-4-6-10(7-9)13(2,3)12/h4-8,11H,1H2,2-3H3. The number of aliphatic hydroxyl groups is 1. The zero-order valence-electron chi connectivity index (χ0n) is 7.90. The average molecular weight is 197 g/mol. The lowest BCUT2D eigenvalue weighted by molar-refractivity contribution is 0.226. The van der Waals surface area contributed by atoms with Crippen LogP contribution in [0.3, 0.4) is 0 Å². The van der Waals surface area contributed by atoms with Gasteiger partial charge in [-0.3, -0.25) is 0 Å². The summed E-state index contributed by atoms with van der Waals surface area (Å²) < 4.78 is 11.7. The summed E-state index contributed by atoms with van der Waals surface area (Å²) in [4.78, 5) is 0. The highest BCUT2D eigenvalue weighted by atomic mass is 31.2. The highest BCUT2D eigenvalue weighted by Crippen LogP contribution is 2.34. The number of rotatable bonds is 2. The minimum atomic E-state index is -2.22. The van der Waals surface area contributed by atoms with Crippen LogP contribution in [0.1, 0.15) is 11.7 Å². The van der Waals surface area contributed by atoms with E-state index in [0.717, 1.165) is 5.30 Å². The number of hydrogen-bond acceptors (Lipinski definition) is 2. The number of aliphatic hydroxyl groups excluding tert-OH is 1. The largest absolute Gasteiger partial charge is 0.388 e. The van der Waals surface area contributed by atoms with Crippen molar-refractivity contribution in [1.82, 2.24) is 0 Å². The van der Waals surface area contributed by atoms with Crippen molar-refractivity contribution in [3.05, 3.63) is 36.8 Å². The van der Waals surface area contributed by atoms with E-state index in [-0.39, 0.29) is 0 Å². The number of benzene rings is 1. The monoisotopic (exact) mass is 197 g/mol. The smallest absolute Gasteiger partial charge is 0.109 e. The summed E-state index contributed by atoms with van der Waals surface area (Å²) in [7, 11) is -2.22. The molecule has 0 saturated carbocycles. The minimum absolute atomic E-state index is 0.710. The zero-order valence-corrected chi connectivity index (χ0v) is 8.79. The lowest BCUT2D eigenvalue weighted by atomic mass is 10.1. The van der Waals surface area contributed by atoms with Gasteiger partial charge in [-0.2, -0.15) is 0 Å². The molecule has 3 heteroatoms. The minimum Gasteiger partial charge on any atom is -0.388 e. The summed E-state index contributed by atoms with van der Waals surface area (Å²) in [5.74, 6) is 0. The Morgan fingerprint density at radius 3 is 2.54 bits per heavy atom. The van der Waals surface area contributed by atoms with Crippen LogP contribution in [0.25, 0.3) is 0 Å². The predicted molar refractivity (Wildman–Crippen MR) is 55.8 cm³/mol. The second kappa shape index (κ2) is 3.65. The Bertz CT molecular complexity index is 339. The van der Waals surface area contributed by atoms with Crippen molar-refractivity contribution in [2.24, 2.45) is 0 Å². The highest BCUT2D eigenvalue weighted by molar-refractivity contribution is 7.70. The van der Waals surface area contributed by atoms with Crippen LogP contribution < -0.4 is 5.30 Å². The maximum absolute atomic E-state index is 11.7. The van der Waals surface area contributed by atoms with E-state index < -0.39 is 13.2 Å². The molecule has 1 aromatic rings. The Kier molecular flexibility index (Phi) is 2.94. The lowest BCUT2D eigenvalue weighted by Gasteiger charge is -2.10. The van der Waals surface area contributed by atoms with Crippen LogP contribution in [0.5, 0.6) is 0 Å². The maximum atomic E-state index is 11.7. The van der Waals surface area contributed by atoms with Crippen molar-refractivity contribution in [3.63, 3.8) is 0 Å². The van der Waals surface area contributed by atoms with Crippen LogP contribution in [0.4, 0.5) is 0 Å². The van der Waals surface area contributed by atoms with Crippen LogP contribution >= 0.6 is 7.14 Å². The van der Waals surface area contributed by atoms with Crippen molar-refractivity contribution < 1.29 is 9.67 Å². The van der Waals surface area contributed by atoms with Gasteiger partial charge in [-0.05, 0) is 31.9 Å². The molecule has 0 saturated heterocycles. The van der Waals surface area contributed by atoms with Crippen molar-refractivity contribution in [2.75, 3.05) is 13.3 Å². The van der Waals surface area contributed by atoms with Gasteiger partial charge in [0.15, 0.2) is 0 Å². The quantitative estimate of drug-likeness (QED) is 0.734. The molecule has 2 nitrogen and oxygen atoms in total. The van der Waals surface area contributed by atoms with Crippen molar-refractivity contribution in [1.29, 1.82) is 0 Å². The molecule has 0 heterocycles. The molecule has 0 spiro atoms. The van der Waals surface area contributed by atoms with Gasteiger partial charge >= 0.3 is 0 Å². The van der Waals surface area contributed by atoms with Crippen LogP contribution in [-0.4, -0.2) is 18.4 Å². The van der Waals surface area contributed by atoms with Gasteiger partial charge in [-0.25, -0.2) is 0 Å². The fourth-order valence-electron chi connectivity index (χ4n) is 1.07. The molecule has 0 fully saturated rings. The van der Waals surface area contributed by atoms with E-state index in [1.54, 1.807) is 31.5 Å². The summed E-state index contributed by atoms with van der Waals surface area (Å²) in [6.45, 7) is 6.92. The van der Waals surface area contributed by atoms with Crippen molar-refractivity contribution in [3.8, 4) is 0 Å². The van der Waals surface area contributed by atoms with E-state index in [1.165, 1.54) is 0 Å². The normalized spacial score (nSPS) is 14.2. The Hall–Kier alpha value is -0.590. The van der Waals surface area contributed by atoms with Crippen LogP contribution in [-0.2, 0) is 4.57 Å². The van der Waals surface area contributed by atoms with Crippen molar-refractivity contribution in [2.45, 2.75) is 6.10 Å². The van der Waals surface area contributed by atoms with Crippen molar-refractivity contribution >= 4 is 12.4 Å². The van der Waals surface area contributed by atoms with E-state index in [0.29, 0.717) is 5.56 Å². The fourth-order valence-corrected chi connectivity index (χ4v) is 1.97. The summed E-state index contributed by atoms with van der Waals surface area (Å²) in [5.41, 5.74) is 0.710. The Balaban J connectivity index is 3.13. The highest BCUT2D eigenvalue weighted by Gasteiger charge is 2.11. The molecular weight excluding hydrogens is 183 g/mol. The molecule has 0 aliphatic carbocycles. The first-order valence-electron chi connectivity index (χ1n) is 4.08. The van der Waals surface area contributed by atoms with Crippen LogP contribution in [0.15, 0.2) is 24.3 Å². The van der Waals surface area contributed by atoms with E-state index >= 15 is 0 Å². The van der Waals surface area contributed by atoms with Crippen LogP contribution in [0.2, 0.25) is 0 Å². The third kappa shape index (κ3) is 2.68. The first kappa shape index (κ1) is 10.5. The Morgan fingerprint density at radius 1 is 1.46 bits per heavy atom. The van der Waals surface area contributed by atoms with E-state index in [2.05, 4.69) is 6.92 Å². The van der Waals surface area contributed by atoms with E-state index in [1.807, 2.05) is 6.07 Å². The second-order valence-electron chi connectivity index (χ2n) is 3.46. The Morgan fingerprint density at radius 2 is 2.08 bits per heavy atom. The average Bonchev–Trinajstić information content (AvgIpc) is 2.03. The molecular formula is C10H14O2P. The maximum Gasteiger partial charge on any atom is 0.109 e. The summed E-state index contributed by atoms with van der Waals surface area (Å²) in [6.07, 6.45) is -0.744. The number of hydrogen-bond donors (Lipinski definition) is 1. The third-order valence-electron chi connectivity index (χ3n) is 1.88. The summed E-state index contributed by atoms with van der Waals surface area (Å²) >= 11 is 0. The van der Waals surface area contributed by atoms with Gasteiger partial charge in [-0.1, -0.05) is 18.2 Å². The van der Waals surface area contributed by atoms with Gasteiger partial charge in [0, 0.05) is 5.30 Å². The van der Waals surface area contributed by atoms with E-state index in [9.17, 15) is 9.67 Å². The molecule has 1 unspecified atom stereocenters. The van der Waals surface area contributed by atoms with Gasteiger partial charge < -0.3 is 9.67 Å². The molecule has 1 N–H and O–H groups in total. The molecule has 0 amide bonds. The molecule has 1 radical (unpaired) electrons. The fraction of sp³-hybridized carbons (Fsp3) is 0.300. The molecule has 13 heavy (non-hydrogen) atoms. The zero-order chi connectivity index (χ0) is 10.1. The molecule has 0 aromatic heterocycles. The third-order valence-corrected chi connectivity index (χ3v) is 3.40. The lowest BCUT2D eigenvalue weighted by Crippen LogP contribution is -2.05. The van der Waals surface area contributed by atoms with Gasteiger partial charge in [-0.15, -0.1) is 0 Å². The summed E-state index contributed by atoms with van der Waals surface area (Å²) in [6, 6.07) is 7.13. The second-order valence-corrected chi connectivity index (χ2v) is 6.68. The van der Waals surface area contributed by atoms with E-state index in [4.69, 9.17) is 0 Å². The first-order valence-corrected chi connectivity index (χ1v) is 6.68. The van der Waals surface area contributed by atoms with Gasteiger partial charge in [0.05, 0.1) is 6.10 Å². The van der Waals surface area contributed by atoms with Crippen LogP contribution in [0, 0.1) is 6.92 Å². The molecule has 0 aliphatic rings. The summed E-state index contributed by atoms with van der Waals surface area (Å²) in [5, 5.41) is 10.00. The Labute approximate surface area is 79.0 Å². The van der Waals surface area contributed by atoms with Gasteiger partial charge in [0.25, 0.3) is 0 Å². The predicted octanol–water partition coefficient (Wildman–Crippen LogP) is 1.80. The molecule has 1 aromatic carbocycles. The molecule has 0 aliphatic heterocycles. The molecule has 71 valence electrons. The molecule has 1 rings (SSSR count). The first-order chi connectivity index (χ1) is 5.91. The van der Waals surface area contributed by atoms with Gasteiger partial charge in [0.2, 0.25) is 0 Å². The molecule has 1 atom stereocenters. The SMILES string of the molecule is [CH2]C(O)c1cccc(P(C)(C)=O)c1. The molecule has 0 bridgehead atoms.